The molecule has 0 heterocycles. The molecule has 0 spiro atoms. The smallest absolute Gasteiger partial charge is 0.142 e. The normalized spacial score (nSPS) is 40.0. The Hall–Kier alpha value is 0.440. The van der Waals surface area contributed by atoms with E-state index in [2.05, 4.69) is 58.2 Å². The lowest BCUT2D eigenvalue weighted by atomic mass is 9.55. The number of phenols is 1. The highest BCUT2D eigenvalue weighted by Crippen LogP contribution is 2.61. The van der Waals surface area contributed by atoms with Gasteiger partial charge < -0.3 is 10.2 Å². The number of aliphatic hydroxyl groups excluding tert-OH is 1. The molecule has 3 aliphatic carbocycles. The van der Waals surface area contributed by atoms with Crippen molar-refractivity contribution >= 4 is 45.2 Å². The average Bonchev–Trinajstić information content (AvgIpc) is 2.80. The third-order valence-electron chi connectivity index (χ3n) is 6.84. The number of phenolic OH excluding ortho intramolecular Hbond substituents is 1. The second-order valence-electron chi connectivity index (χ2n) is 7.64. The minimum atomic E-state index is -0.0973. The van der Waals surface area contributed by atoms with Crippen molar-refractivity contribution in [1.29, 1.82) is 0 Å². The molecule has 2 fully saturated rings. The van der Waals surface area contributed by atoms with E-state index in [4.69, 9.17) is 0 Å². The van der Waals surface area contributed by atoms with E-state index in [-0.39, 0.29) is 11.5 Å². The standard InChI is InChI=1S/C18H22I2O2/c1-18-7-6-9-10(13(18)4-5-15(18)21)2-3-11-12(9)8-14(19)17(22)16(11)20/h8-10,13,15,21-22H,2-7H2,1H3/t9-,10+,13-,15+,18-/m0/s1. The second kappa shape index (κ2) is 5.48. The van der Waals surface area contributed by atoms with Gasteiger partial charge in [-0.15, -0.1) is 0 Å². The molecule has 22 heavy (non-hydrogen) atoms. The minimum absolute atomic E-state index is 0.0973. The summed E-state index contributed by atoms with van der Waals surface area (Å²) in [6.07, 6.45) is 6.73. The Balaban J connectivity index is 1.76. The summed E-state index contributed by atoms with van der Waals surface area (Å²) in [6.45, 7) is 2.32. The van der Waals surface area contributed by atoms with Crippen molar-refractivity contribution in [3.8, 4) is 5.75 Å². The van der Waals surface area contributed by atoms with Gasteiger partial charge >= 0.3 is 0 Å². The maximum Gasteiger partial charge on any atom is 0.142 e. The van der Waals surface area contributed by atoms with Gasteiger partial charge in [-0.2, -0.15) is 0 Å². The van der Waals surface area contributed by atoms with Crippen molar-refractivity contribution in [1.82, 2.24) is 0 Å². The first-order valence-electron chi connectivity index (χ1n) is 8.31. The number of aromatic hydroxyl groups is 1. The van der Waals surface area contributed by atoms with Crippen molar-refractivity contribution in [2.75, 3.05) is 0 Å². The van der Waals surface area contributed by atoms with Crippen LogP contribution in [0.25, 0.3) is 0 Å². The lowest BCUT2D eigenvalue weighted by Gasteiger charge is -2.50. The SMILES string of the molecule is C[C@]12CC[C@@H]3c4cc(I)c(O)c(I)c4CC[C@H]3[C@@H]1CC[C@H]2O. The topological polar surface area (TPSA) is 40.5 Å². The van der Waals surface area contributed by atoms with Crippen molar-refractivity contribution in [2.45, 2.75) is 57.5 Å². The highest BCUT2D eigenvalue weighted by atomic mass is 127. The summed E-state index contributed by atoms with van der Waals surface area (Å²) in [6, 6.07) is 2.23. The first kappa shape index (κ1) is 15.9. The Morgan fingerprint density at radius 1 is 1.18 bits per heavy atom. The molecule has 1 aromatic carbocycles. The molecule has 0 radical (unpaired) electrons. The number of aliphatic hydroxyl groups is 1. The summed E-state index contributed by atoms with van der Waals surface area (Å²) in [5.41, 5.74) is 3.03. The average molecular weight is 524 g/mol. The van der Waals surface area contributed by atoms with Crippen LogP contribution >= 0.6 is 45.2 Å². The maximum atomic E-state index is 10.5. The van der Waals surface area contributed by atoms with Crippen LogP contribution in [0, 0.1) is 24.4 Å². The molecule has 2 nitrogen and oxygen atoms in total. The van der Waals surface area contributed by atoms with E-state index in [0.29, 0.717) is 17.6 Å². The fourth-order valence-electron chi connectivity index (χ4n) is 5.61. The third kappa shape index (κ3) is 2.11. The summed E-state index contributed by atoms with van der Waals surface area (Å²) in [4.78, 5) is 0. The molecule has 3 aliphatic rings. The Morgan fingerprint density at radius 3 is 2.73 bits per heavy atom. The number of hydrogen-bond acceptors (Lipinski definition) is 2. The van der Waals surface area contributed by atoms with E-state index in [1.807, 2.05) is 0 Å². The first-order valence-corrected chi connectivity index (χ1v) is 10.5. The largest absolute Gasteiger partial charge is 0.506 e. The van der Waals surface area contributed by atoms with Gasteiger partial charge in [0.05, 0.1) is 13.2 Å². The van der Waals surface area contributed by atoms with Crippen molar-refractivity contribution in [3.05, 3.63) is 24.3 Å². The van der Waals surface area contributed by atoms with E-state index in [9.17, 15) is 10.2 Å². The fraction of sp³-hybridized carbons (Fsp3) is 0.667. The number of fused-ring (bicyclic) bond motifs is 5. The first-order chi connectivity index (χ1) is 10.4. The quantitative estimate of drug-likeness (QED) is 0.479. The van der Waals surface area contributed by atoms with Crippen LogP contribution in [0.15, 0.2) is 6.07 Å². The van der Waals surface area contributed by atoms with Crippen LogP contribution in [-0.4, -0.2) is 16.3 Å². The van der Waals surface area contributed by atoms with Gasteiger partial charge in [-0.05, 0) is 124 Å². The molecule has 1 aromatic rings. The molecule has 0 saturated heterocycles. The van der Waals surface area contributed by atoms with Crippen LogP contribution in [-0.2, 0) is 6.42 Å². The molecule has 5 atom stereocenters. The van der Waals surface area contributed by atoms with Crippen molar-refractivity contribution in [2.24, 2.45) is 17.3 Å². The van der Waals surface area contributed by atoms with E-state index >= 15 is 0 Å². The lowest BCUT2D eigenvalue weighted by Crippen LogP contribution is -2.44. The van der Waals surface area contributed by atoms with Crippen molar-refractivity contribution < 1.29 is 10.2 Å². The number of hydrogen-bond donors (Lipinski definition) is 2. The van der Waals surface area contributed by atoms with E-state index in [0.717, 1.165) is 32.3 Å². The summed E-state index contributed by atoms with van der Waals surface area (Å²) in [5.74, 6) is 2.50. The molecule has 120 valence electrons. The minimum Gasteiger partial charge on any atom is -0.506 e. The zero-order chi connectivity index (χ0) is 15.6. The summed E-state index contributed by atoms with van der Waals surface area (Å²) < 4.78 is 2.05. The molecule has 4 heteroatoms. The van der Waals surface area contributed by atoms with Crippen LogP contribution in [0.1, 0.15) is 56.1 Å². The van der Waals surface area contributed by atoms with Crippen LogP contribution in [0.3, 0.4) is 0 Å². The monoisotopic (exact) mass is 524 g/mol. The van der Waals surface area contributed by atoms with Crippen LogP contribution in [0.5, 0.6) is 5.75 Å². The zero-order valence-electron chi connectivity index (χ0n) is 12.8. The molecule has 0 amide bonds. The second-order valence-corrected chi connectivity index (χ2v) is 9.88. The van der Waals surface area contributed by atoms with Crippen LogP contribution in [0.4, 0.5) is 0 Å². The van der Waals surface area contributed by atoms with Gasteiger partial charge in [0, 0.05) is 0 Å². The summed E-state index contributed by atoms with van der Waals surface area (Å²) in [7, 11) is 0. The molecule has 0 bridgehead atoms. The third-order valence-corrected chi connectivity index (χ3v) is 8.83. The Morgan fingerprint density at radius 2 is 1.95 bits per heavy atom. The summed E-state index contributed by atoms with van der Waals surface area (Å²) >= 11 is 4.58. The zero-order valence-corrected chi connectivity index (χ0v) is 17.1. The Kier molecular flexibility index (Phi) is 3.97. The molecule has 0 aliphatic heterocycles. The van der Waals surface area contributed by atoms with E-state index < -0.39 is 0 Å². The lowest BCUT2D eigenvalue weighted by molar-refractivity contribution is -0.0226. The van der Waals surface area contributed by atoms with E-state index in [1.165, 1.54) is 30.4 Å². The van der Waals surface area contributed by atoms with Gasteiger partial charge in [-0.1, -0.05) is 6.92 Å². The molecular weight excluding hydrogens is 502 g/mol. The van der Waals surface area contributed by atoms with E-state index in [1.54, 1.807) is 0 Å². The number of benzene rings is 1. The van der Waals surface area contributed by atoms with Gasteiger partial charge in [-0.3, -0.25) is 0 Å². The number of rotatable bonds is 0. The highest BCUT2D eigenvalue weighted by Gasteiger charge is 2.54. The Labute approximate surface area is 159 Å². The molecular formula is C18H22I2O2. The van der Waals surface area contributed by atoms with Crippen LogP contribution in [0.2, 0.25) is 0 Å². The molecule has 2 saturated carbocycles. The predicted molar refractivity (Wildman–Crippen MR) is 104 cm³/mol. The molecule has 0 unspecified atom stereocenters. The Bertz CT molecular complexity index is 630. The highest BCUT2D eigenvalue weighted by molar-refractivity contribution is 14.1. The van der Waals surface area contributed by atoms with Crippen LogP contribution < -0.4 is 0 Å². The molecule has 0 aromatic heterocycles. The predicted octanol–water partition coefficient (Wildman–Crippen LogP) is 4.82. The molecule has 4 rings (SSSR count). The van der Waals surface area contributed by atoms with Crippen molar-refractivity contribution in [3.63, 3.8) is 0 Å². The van der Waals surface area contributed by atoms with Gasteiger partial charge in [0.25, 0.3) is 0 Å². The number of halogens is 2. The van der Waals surface area contributed by atoms with Gasteiger partial charge in [0.15, 0.2) is 0 Å². The van der Waals surface area contributed by atoms with Gasteiger partial charge in [-0.25, -0.2) is 0 Å². The molecule has 2 N–H and O–H groups in total. The summed E-state index contributed by atoms with van der Waals surface area (Å²) in [5, 5.41) is 20.7. The fourth-order valence-corrected chi connectivity index (χ4v) is 7.60. The van der Waals surface area contributed by atoms with Gasteiger partial charge in [0.1, 0.15) is 5.75 Å². The van der Waals surface area contributed by atoms with Gasteiger partial charge in [0.2, 0.25) is 0 Å². The maximum absolute atomic E-state index is 10.5.